The van der Waals surface area contributed by atoms with Gasteiger partial charge in [-0.1, -0.05) is 27.2 Å². The van der Waals surface area contributed by atoms with Crippen LogP contribution in [0.15, 0.2) is 0 Å². The molecule has 0 saturated heterocycles. The molecule has 1 nitrogen and oxygen atoms in total. The van der Waals surface area contributed by atoms with Gasteiger partial charge in [-0.05, 0) is 36.6 Å². The summed E-state index contributed by atoms with van der Waals surface area (Å²) in [4.78, 5) is 0. The van der Waals surface area contributed by atoms with E-state index in [0.29, 0.717) is 5.41 Å². The van der Waals surface area contributed by atoms with Crippen LogP contribution in [0.5, 0.6) is 0 Å². The van der Waals surface area contributed by atoms with Crippen molar-refractivity contribution in [2.45, 2.75) is 40.0 Å². The molecule has 2 N–H and O–H groups in total. The van der Waals surface area contributed by atoms with Gasteiger partial charge in [-0.3, -0.25) is 0 Å². The van der Waals surface area contributed by atoms with Gasteiger partial charge in [0.2, 0.25) is 0 Å². The molecule has 0 unspecified atom stereocenters. The third-order valence-electron chi connectivity index (χ3n) is 3.56. The smallest absolute Gasteiger partial charge is 0.00205 e. The van der Waals surface area contributed by atoms with E-state index in [4.69, 9.17) is 5.73 Å². The summed E-state index contributed by atoms with van der Waals surface area (Å²) < 4.78 is 0. The van der Waals surface area contributed by atoms with E-state index in [1.54, 1.807) is 0 Å². The van der Waals surface area contributed by atoms with Crippen LogP contribution in [0.2, 0.25) is 0 Å². The van der Waals surface area contributed by atoms with Crippen molar-refractivity contribution in [2.24, 2.45) is 23.0 Å². The fourth-order valence-electron chi connectivity index (χ4n) is 2.27. The van der Waals surface area contributed by atoms with Crippen molar-refractivity contribution in [1.82, 2.24) is 0 Å². The van der Waals surface area contributed by atoms with Crippen LogP contribution in [-0.2, 0) is 0 Å². The van der Waals surface area contributed by atoms with Gasteiger partial charge in [-0.15, -0.1) is 0 Å². The molecule has 0 aromatic heterocycles. The van der Waals surface area contributed by atoms with Gasteiger partial charge >= 0.3 is 0 Å². The summed E-state index contributed by atoms with van der Waals surface area (Å²) >= 11 is 0. The Kier molecular flexibility index (Phi) is 2.58. The second kappa shape index (κ2) is 3.14. The van der Waals surface area contributed by atoms with Crippen molar-refractivity contribution in [3.8, 4) is 0 Å². The Hall–Kier alpha value is -0.0400. The van der Waals surface area contributed by atoms with Crippen molar-refractivity contribution in [1.29, 1.82) is 0 Å². The summed E-state index contributed by atoms with van der Waals surface area (Å²) in [5.74, 6) is 1.71. The Bertz CT molecular complexity index is 133. The molecule has 66 valence electrons. The van der Waals surface area contributed by atoms with Gasteiger partial charge in [-0.2, -0.15) is 0 Å². The summed E-state index contributed by atoms with van der Waals surface area (Å²) in [7, 11) is 0. The lowest BCUT2D eigenvalue weighted by Crippen LogP contribution is -2.38. The highest BCUT2D eigenvalue weighted by Crippen LogP contribution is 2.42. The van der Waals surface area contributed by atoms with Crippen molar-refractivity contribution in [3.05, 3.63) is 0 Å². The summed E-state index contributed by atoms with van der Waals surface area (Å²) in [6.07, 6.45) is 4.09. The first kappa shape index (κ1) is 9.05. The molecule has 0 amide bonds. The Morgan fingerprint density at radius 1 is 1.36 bits per heavy atom. The van der Waals surface area contributed by atoms with Crippen LogP contribution in [0.25, 0.3) is 0 Å². The van der Waals surface area contributed by atoms with E-state index in [1.165, 1.54) is 19.3 Å². The highest BCUT2D eigenvalue weighted by molar-refractivity contribution is 4.86. The van der Waals surface area contributed by atoms with Gasteiger partial charge in [0.15, 0.2) is 0 Å². The molecule has 1 saturated carbocycles. The molecule has 1 aliphatic rings. The maximum absolute atomic E-state index is 5.79. The van der Waals surface area contributed by atoms with Crippen molar-refractivity contribution < 1.29 is 0 Å². The number of hydrogen-bond acceptors (Lipinski definition) is 1. The monoisotopic (exact) mass is 155 g/mol. The van der Waals surface area contributed by atoms with Crippen LogP contribution in [0.4, 0.5) is 0 Å². The van der Waals surface area contributed by atoms with Crippen LogP contribution < -0.4 is 5.73 Å². The molecule has 0 aromatic carbocycles. The molecule has 1 heteroatoms. The Labute approximate surface area is 70.4 Å². The molecule has 0 aromatic rings. The van der Waals surface area contributed by atoms with Crippen LogP contribution in [0, 0.1) is 17.3 Å². The third-order valence-corrected chi connectivity index (χ3v) is 3.56. The zero-order chi connectivity index (χ0) is 8.48. The summed E-state index contributed by atoms with van der Waals surface area (Å²) in [5, 5.41) is 0. The number of nitrogens with two attached hydrogens (primary N) is 1. The highest BCUT2D eigenvalue weighted by Gasteiger charge is 2.34. The van der Waals surface area contributed by atoms with Crippen LogP contribution in [0.1, 0.15) is 40.0 Å². The lowest BCUT2D eigenvalue weighted by Gasteiger charge is -2.41. The second-order valence-corrected chi connectivity index (χ2v) is 4.65. The van der Waals surface area contributed by atoms with E-state index in [-0.39, 0.29) is 0 Å². The molecule has 1 rings (SSSR count). The molecule has 1 aliphatic carbocycles. The minimum absolute atomic E-state index is 0.428. The van der Waals surface area contributed by atoms with Gasteiger partial charge in [0.25, 0.3) is 0 Å². The summed E-state index contributed by atoms with van der Waals surface area (Å²) in [5.41, 5.74) is 6.22. The van der Waals surface area contributed by atoms with E-state index in [9.17, 15) is 0 Å². The zero-order valence-corrected chi connectivity index (χ0v) is 8.06. The van der Waals surface area contributed by atoms with Crippen LogP contribution in [-0.4, -0.2) is 6.54 Å². The summed E-state index contributed by atoms with van der Waals surface area (Å²) in [6, 6.07) is 0. The average molecular weight is 155 g/mol. The van der Waals surface area contributed by atoms with Gasteiger partial charge in [-0.25, -0.2) is 0 Å². The standard InChI is InChI=1S/C10H21N/c1-8-4-5-9(2)10(3,6-8)7-11/h8-9H,4-7,11H2,1-3H3/t8-,9-,10-/m1/s1. The first-order valence-electron chi connectivity index (χ1n) is 4.78. The van der Waals surface area contributed by atoms with E-state index in [2.05, 4.69) is 20.8 Å². The number of hydrogen-bond donors (Lipinski definition) is 1. The maximum atomic E-state index is 5.79. The normalized spacial score (nSPS) is 45.8. The number of rotatable bonds is 1. The quantitative estimate of drug-likeness (QED) is 0.618. The lowest BCUT2D eigenvalue weighted by molar-refractivity contribution is 0.103. The molecule has 0 aliphatic heterocycles. The Morgan fingerprint density at radius 2 is 2.00 bits per heavy atom. The molecule has 11 heavy (non-hydrogen) atoms. The summed E-state index contributed by atoms with van der Waals surface area (Å²) in [6.45, 7) is 7.89. The third kappa shape index (κ3) is 1.76. The maximum Gasteiger partial charge on any atom is -0.00205 e. The molecule has 1 fully saturated rings. The van der Waals surface area contributed by atoms with Gasteiger partial charge in [0.1, 0.15) is 0 Å². The minimum Gasteiger partial charge on any atom is -0.330 e. The van der Waals surface area contributed by atoms with Crippen molar-refractivity contribution >= 4 is 0 Å². The molecule has 0 spiro atoms. The van der Waals surface area contributed by atoms with E-state index < -0.39 is 0 Å². The average Bonchev–Trinajstić information content (AvgIpc) is 1.98. The van der Waals surface area contributed by atoms with Crippen LogP contribution in [0.3, 0.4) is 0 Å². The fraction of sp³-hybridized carbons (Fsp3) is 1.00. The SMILES string of the molecule is C[C@@H]1CC[C@@H](C)[C@@](C)(CN)C1. The lowest BCUT2D eigenvalue weighted by atomic mass is 9.65. The second-order valence-electron chi connectivity index (χ2n) is 4.65. The fourth-order valence-corrected chi connectivity index (χ4v) is 2.27. The van der Waals surface area contributed by atoms with E-state index in [1.807, 2.05) is 0 Å². The van der Waals surface area contributed by atoms with Crippen molar-refractivity contribution in [3.63, 3.8) is 0 Å². The predicted octanol–water partition coefficient (Wildman–Crippen LogP) is 2.41. The first-order chi connectivity index (χ1) is 5.08. The highest BCUT2D eigenvalue weighted by atomic mass is 14.6. The molecule has 0 radical (unpaired) electrons. The van der Waals surface area contributed by atoms with Gasteiger partial charge in [0.05, 0.1) is 0 Å². The van der Waals surface area contributed by atoms with Gasteiger partial charge in [0, 0.05) is 0 Å². The molecular weight excluding hydrogens is 134 g/mol. The van der Waals surface area contributed by atoms with Gasteiger partial charge < -0.3 is 5.73 Å². The molecule has 0 heterocycles. The zero-order valence-electron chi connectivity index (χ0n) is 8.06. The van der Waals surface area contributed by atoms with Crippen molar-refractivity contribution in [2.75, 3.05) is 6.54 Å². The molecule has 3 atom stereocenters. The Morgan fingerprint density at radius 3 is 2.45 bits per heavy atom. The first-order valence-corrected chi connectivity index (χ1v) is 4.78. The van der Waals surface area contributed by atoms with E-state index in [0.717, 1.165) is 18.4 Å². The molecule has 0 bridgehead atoms. The topological polar surface area (TPSA) is 26.0 Å². The predicted molar refractivity (Wildman–Crippen MR) is 49.3 cm³/mol. The largest absolute Gasteiger partial charge is 0.330 e. The van der Waals surface area contributed by atoms with E-state index >= 15 is 0 Å². The minimum atomic E-state index is 0.428. The Balaban J connectivity index is 2.60. The van der Waals surface area contributed by atoms with Crippen LogP contribution >= 0.6 is 0 Å². The molecular formula is C10H21N.